The fourth-order valence-corrected chi connectivity index (χ4v) is 6.25. The van der Waals surface area contributed by atoms with Gasteiger partial charge in [0.2, 0.25) is 0 Å². The zero-order valence-electron chi connectivity index (χ0n) is 24.6. The van der Waals surface area contributed by atoms with E-state index in [4.69, 9.17) is 9.40 Å². The van der Waals surface area contributed by atoms with Gasteiger partial charge in [-0.15, -0.1) is 65.4 Å². The van der Waals surface area contributed by atoms with E-state index < -0.39 is 0 Å². The second kappa shape index (κ2) is 11.9. The largest absolute Gasteiger partial charge is 0.501 e. The van der Waals surface area contributed by atoms with Gasteiger partial charge >= 0.3 is 0 Å². The predicted octanol–water partition coefficient (Wildman–Crippen LogP) is 10.4. The third-order valence-corrected chi connectivity index (χ3v) is 8.30. The van der Waals surface area contributed by atoms with Crippen molar-refractivity contribution in [2.45, 2.75) is 47.0 Å². The number of hydrogen-bond acceptors (Lipinski definition) is 4. The molecule has 0 aliphatic heterocycles. The van der Waals surface area contributed by atoms with Crippen molar-refractivity contribution in [3.63, 3.8) is 0 Å². The van der Waals surface area contributed by atoms with Crippen LogP contribution in [0, 0.1) is 32.9 Å². The number of aryl methyl sites for hydroxylation is 3. The minimum atomic E-state index is 0. The van der Waals surface area contributed by atoms with Crippen molar-refractivity contribution in [3.05, 3.63) is 119 Å². The first kappa shape index (κ1) is 29.8. The van der Waals surface area contributed by atoms with Crippen LogP contribution in [-0.2, 0) is 25.5 Å². The van der Waals surface area contributed by atoms with Crippen LogP contribution in [0.25, 0.3) is 54.5 Å². The molecule has 0 atom stereocenters. The molecule has 4 aromatic heterocycles. The van der Waals surface area contributed by atoms with Gasteiger partial charge in [0.1, 0.15) is 5.58 Å². The molecule has 5 heteroatoms. The number of aromatic nitrogens is 2. The van der Waals surface area contributed by atoms with E-state index in [0.29, 0.717) is 0 Å². The number of benzene rings is 3. The van der Waals surface area contributed by atoms with Crippen LogP contribution in [0.1, 0.15) is 42.3 Å². The van der Waals surface area contributed by atoms with Gasteiger partial charge in [-0.3, -0.25) is 0 Å². The third-order valence-electron chi connectivity index (χ3n) is 7.28. The Balaban J connectivity index is 0.000000212. The van der Waals surface area contributed by atoms with Crippen LogP contribution in [0.15, 0.2) is 89.6 Å². The zero-order chi connectivity index (χ0) is 28.7. The maximum atomic E-state index is 6.34. The number of fused-ring (bicyclic) bond motifs is 5. The summed E-state index contributed by atoms with van der Waals surface area (Å²) in [5.41, 5.74) is 9.41. The van der Waals surface area contributed by atoms with Crippen LogP contribution in [0.5, 0.6) is 0 Å². The summed E-state index contributed by atoms with van der Waals surface area (Å²) in [5.74, 6) is 0. The second-order valence-electron chi connectivity index (χ2n) is 11.5. The van der Waals surface area contributed by atoms with Gasteiger partial charge in [0.05, 0.1) is 5.58 Å². The first-order chi connectivity index (χ1) is 19.7. The van der Waals surface area contributed by atoms with Crippen molar-refractivity contribution in [1.82, 2.24) is 9.97 Å². The van der Waals surface area contributed by atoms with E-state index in [2.05, 4.69) is 88.1 Å². The minimum absolute atomic E-state index is 0. The molecule has 0 N–H and O–H groups in total. The molecule has 0 fully saturated rings. The molecule has 0 spiro atoms. The van der Waals surface area contributed by atoms with Gasteiger partial charge in [0.15, 0.2) is 0 Å². The van der Waals surface area contributed by atoms with E-state index in [-0.39, 0.29) is 25.5 Å². The van der Waals surface area contributed by atoms with Crippen LogP contribution in [-0.4, -0.2) is 9.97 Å². The van der Waals surface area contributed by atoms with Crippen molar-refractivity contribution < 1.29 is 24.5 Å². The Morgan fingerprint density at radius 3 is 2.31 bits per heavy atom. The standard InChI is InChI=1S/C25H22NOS.C12H10N.Ir/c1-14-13-26-20(12-19(14)25(3,4)5)16-7-6-8-17-23-18-11-15(2)28-22(18)10-9-21(23)27-24(16)17;1-10-7-8-12(13-9-10)11-5-3-2-4-6-11;/h6,8-13H,1-5H3;2-5,7-9H,1H3;/q2*-1;. The zero-order valence-corrected chi connectivity index (χ0v) is 27.8. The van der Waals surface area contributed by atoms with Crippen molar-refractivity contribution in [2.24, 2.45) is 0 Å². The molecule has 0 unspecified atom stereocenters. The third kappa shape index (κ3) is 5.83. The smallest absolute Gasteiger partial charge is 0.121 e. The average Bonchev–Trinajstić information content (AvgIpc) is 3.53. The maximum absolute atomic E-state index is 6.34. The topological polar surface area (TPSA) is 38.9 Å². The van der Waals surface area contributed by atoms with Crippen molar-refractivity contribution in [2.75, 3.05) is 0 Å². The summed E-state index contributed by atoms with van der Waals surface area (Å²) in [7, 11) is 0. The summed E-state index contributed by atoms with van der Waals surface area (Å²) < 4.78 is 7.64. The molecule has 213 valence electrons. The normalized spacial score (nSPS) is 11.4. The van der Waals surface area contributed by atoms with E-state index >= 15 is 0 Å². The molecule has 0 amide bonds. The Bertz CT molecular complexity index is 2000. The van der Waals surface area contributed by atoms with Gasteiger partial charge in [-0.25, -0.2) is 0 Å². The molecule has 3 nitrogen and oxygen atoms in total. The first-order valence-electron chi connectivity index (χ1n) is 13.8. The van der Waals surface area contributed by atoms with Gasteiger partial charge in [-0.05, 0) is 72.5 Å². The Morgan fingerprint density at radius 1 is 0.786 bits per heavy atom. The molecule has 0 saturated heterocycles. The maximum Gasteiger partial charge on any atom is 0.121 e. The number of pyridine rings is 2. The van der Waals surface area contributed by atoms with Gasteiger partial charge < -0.3 is 14.4 Å². The van der Waals surface area contributed by atoms with Crippen molar-refractivity contribution in [1.29, 1.82) is 0 Å². The summed E-state index contributed by atoms with van der Waals surface area (Å²) in [6.07, 6.45) is 3.84. The summed E-state index contributed by atoms with van der Waals surface area (Å²) in [4.78, 5) is 10.4. The molecule has 1 radical (unpaired) electrons. The number of hydrogen-bond donors (Lipinski definition) is 0. The summed E-state index contributed by atoms with van der Waals surface area (Å²) in [5, 5.41) is 3.59. The Hall–Kier alpha value is -3.63. The Kier molecular flexibility index (Phi) is 8.48. The van der Waals surface area contributed by atoms with Gasteiger partial charge in [-0.1, -0.05) is 49.9 Å². The SMILES string of the molecule is Cc1cc2c(ccc3oc4c(-c5cc(C(C)(C)C)c(C)cn5)[c-]ccc4c32)s1.Cc1ccc(-c2[c-]cccc2)nc1.[Ir]. The van der Waals surface area contributed by atoms with E-state index in [1.54, 1.807) is 0 Å². The first-order valence-corrected chi connectivity index (χ1v) is 14.6. The number of rotatable bonds is 2. The average molecular weight is 745 g/mol. The number of furan rings is 1. The van der Waals surface area contributed by atoms with Crippen molar-refractivity contribution >= 4 is 43.4 Å². The molecule has 0 aliphatic carbocycles. The summed E-state index contributed by atoms with van der Waals surface area (Å²) >= 11 is 1.82. The van der Waals surface area contributed by atoms with Crippen LogP contribution in [0.3, 0.4) is 0 Å². The minimum Gasteiger partial charge on any atom is -0.501 e. The molecule has 7 aromatic rings. The predicted molar refractivity (Wildman–Crippen MR) is 173 cm³/mol. The molecular weight excluding hydrogens is 713 g/mol. The van der Waals surface area contributed by atoms with E-state index in [1.165, 1.54) is 37.0 Å². The second-order valence-corrected chi connectivity index (χ2v) is 12.8. The molecule has 4 heterocycles. The van der Waals surface area contributed by atoms with Gasteiger partial charge in [-0.2, -0.15) is 0 Å². The quantitative estimate of drug-likeness (QED) is 0.166. The summed E-state index contributed by atoms with van der Waals surface area (Å²) in [6.45, 7) is 13.0. The Morgan fingerprint density at radius 2 is 1.60 bits per heavy atom. The molecule has 0 saturated carbocycles. The molecule has 3 aromatic carbocycles. The fourth-order valence-electron chi connectivity index (χ4n) is 5.32. The number of nitrogens with zero attached hydrogens (tertiary/aromatic N) is 2. The molecule has 0 bridgehead atoms. The number of thiophene rings is 1. The van der Waals surface area contributed by atoms with Crippen LogP contribution >= 0.6 is 11.3 Å². The molecule has 0 aliphatic rings. The summed E-state index contributed by atoms with van der Waals surface area (Å²) in [6, 6.07) is 31.3. The van der Waals surface area contributed by atoms with E-state index in [9.17, 15) is 0 Å². The molecular formula is C37H32IrN2OS-2. The van der Waals surface area contributed by atoms with E-state index in [1.807, 2.05) is 67.1 Å². The fraction of sp³-hybridized carbons (Fsp3) is 0.189. The van der Waals surface area contributed by atoms with Gasteiger partial charge in [0.25, 0.3) is 0 Å². The van der Waals surface area contributed by atoms with Crippen molar-refractivity contribution in [3.8, 4) is 22.5 Å². The Labute approximate surface area is 265 Å². The monoisotopic (exact) mass is 745 g/mol. The van der Waals surface area contributed by atoms with Crippen LogP contribution < -0.4 is 0 Å². The van der Waals surface area contributed by atoms with Crippen LogP contribution in [0.2, 0.25) is 0 Å². The molecule has 7 rings (SSSR count). The van der Waals surface area contributed by atoms with E-state index in [0.717, 1.165) is 39.1 Å². The van der Waals surface area contributed by atoms with Crippen LogP contribution in [0.4, 0.5) is 0 Å². The van der Waals surface area contributed by atoms with Gasteiger partial charge in [0, 0.05) is 52.8 Å². The molecule has 42 heavy (non-hydrogen) atoms.